The third-order valence-electron chi connectivity index (χ3n) is 9.09. The highest BCUT2D eigenvalue weighted by molar-refractivity contribution is 6.22. The summed E-state index contributed by atoms with van der Waals surface area (Å²) in [7, 11) is 0. The number of hydrogen-bond donors (Lipinski definition) is 0. The molecule has 0 saturated carbocycles. The maximum atomic E-state index is 5.10. The Morgan fingerprint density at radius 1 is 0.426 bits per heavy atom. The van der Waals surface area contributed by atoms with Gasteiger partial charge in [0.05, 0.1) is 11.0 Å². The fraction of sp³-hybridized carbons (Fsp3) is 0. The number of pyridine rings is 1. The molecule has 220 valence electrons. The Morgan fingerprint density at radius 2 is 1.02 bits per heavy atom. The van der Waals surface area contributed by atoms with Gasteiger partial charge in [0.1, 0.15) is 5.82 Å². The summed E-state index contributed by atoms with van der Waals surface area (Å²) in [4.78, 5) is 9.54. The molecule has 0 amide bonds. The zero-order valence-electron chi connectivity index (χ0n) is 25.6. The highest BCUT2D eigenvalue weighted by Gasteiger charge is 2.20. The molecule has 0 fully saturated rings. The molecule has 0 atom stereocenters. The molecule has 2 aromatic heterocycles. The number of nitrogens with zero attached hydrogens (tertiary/aromatic N) is 3. The van der Waals surface area contributed by atoms with Crippen LogP contribution in [0.3, 0.4) is 0 Å². The Balaban J connectivity index is 1.32. The summed E-state index contributed by atoms with van der Waals surface area (Å²) in [6.45, 7) is 0. The van der Waals surface area contributed by atoms with Crippen molar-refractivity contribution in [1.29, 1.82) is 0 Å². The lowest BCUT2D eigenvalue weighted by Gasteiger charge is -2.20. The van der Waals surface area contributed by atoms with Gasteiger partial charge in [0, 0.05) is 29.2 Å². The Labute approximate surface area is 273 Å². The molecule has 2 heterocycles. The molecule has 3 heteroatoms. The lowest BCUT2D eigenvalue weighted by atomic mass is 9.84. The minimum absolute atomic E-state index is 0.932. The van der Waals surface area contributed by atoms with Crippen LogP contribution in [0, 0.1) is 0 Å². The van der Waals surface area contributed by atoms with Gasteiger partial charge in [-0.3, -0.25) is 9.55 Å². The molecule has 0 radical (unpaired) electrons. The summed E-state index contributed by atoms with van der Waals surface area (Å²) in [5.41, 5.74) is 11.3. The van der Waals surface area contributed by atoms with Gasteiger partial charge in [0.15, 0.2) is 0 Å². The van der Waals surface area contributed by atoms with Crippen LogP contribution in [-0.4, -0.2) is 14.5 Å². The van der Waals surface area contributed by atoms with E-state index in [2.05, 4.69) is 161 Å². The van der Waals surface area contributed by atoms with Crippen LogP contribution in [-0.2, 0) is 0 Å². The number of fused-ring (bicyclic) bond motifs is 3. The number of hydrogen-bond acceptors (Lipinski definition) is 2. The first-order valence-corrected chi connectivity index (χ1v) is 15.9. The zero-order chi connectivity index (χ0) is 31.2. The molecule has 3 nitrogen and oxygen atoms in total. The van der Waals surface area contributed by atoms with E-state index < -0.39 is 0 Å². The van der Waals surface area contributed by atoms with Gasteiger partial charge in [-0.25, -0.2) is 4.98 Å². The van der Waals surface area contributed by atoms with Gasteiger partial charge in [-0.1, -0.05) is 133 Å². The minimum Gasteiger partial charge on any atom is -0.292 e. The fourth-order valence-corrected chi connectivity index (χ4v) is 7.07. The number of benzene rings is 7. The van der Waals surface area contributed by atoms with Crippen molar-refractivity contribution in [3.8, 4) is 50.5 Å². The summed E-state index contributed by atoms with van der Waals surface area (Å²) in [6.07, 6.45) is 3.78. The number of imidazole rings is 1. The van der Waals surface area contributed by atoms with Gasteiger partial charge in [-0.15, -0.1) is 0 Å². The van der Waals surface area contributed by atoms with E-state index in [1.165, 1.54) is 49.4 Å². The molecule has 0 spiro atoms. The lowest BCUT2D eigenvalue weighted by Crippen LogP contribution is -1.98. The highest BCUT2D eigenvalue weighted by Crippen LogP contribution is 2.46. The Bertz CT molecular complexity index is 2510. The Kier molecular flexibility index (Phi) is 6.46. The molecule has 9 rings (SSSR count). The second kappa shape index (κ2) is 11.2. The number of rotatable bonds is 5. The van der Waals surface area contributed by atoms with Gasteiger partial charge in [-0.2, -0.15) is 0 Å². The third kappa shape index (κ3) is 4.52. The first-order chi connectivity index (χ1) is 23.3. The minimum atomic E-state index is 0.932. The van der Waals surface area contributed by atoms with E-state index in [9.17, 15) is 0 Å². The van der Waals surface area contributed by atoms with Crippen molar-refractivity contribution < 1.29 is 0 Å². The SMILES string of the molecule is c1ccc(-c2nc3ccccc3n2-c2cccc(-c3c4ccccc4c(-c4ccccc4-c4cccnc4)c4ccccc34)c2)cc1. The van der Waals surface area contributed by atoms with Crippen LogP contribution < -0.4 is 0 Å². The normalized spacial score (nSPS) is 11.4. The predicted molar refractivity (Wildman–Crippen MR) is 196 cm³/mol. The van der Waals surface area contributed by atoms with Gasteiger partial charge in [0.25, 0.3) is 0 Å². The summed E-state index contributed by atoms with van der Waals surface area (Å²) in [5, 5.41) is 4.89. The van der Waals surface area contributed by atoms with Gasteiger partial charge in [-0.05, 0) is 79.7 Å². The first-order valence-electron chi connectivity index (χ1n) is 15.9. The molecule has 9 aromatic rings. The van der Waals surface area contributed by atoms with E-state index in [1.807, 2.05) is 24.5 Å². The van der Waals surface area contributed by atoms with Crippen molar-refractivity contribution in [2.24, 2.45) is 0 Å². The largest absolute Gasteiger partial charge is 0.292 e. The van der Waals surface area contributed by atoms with E-state index in [0.717, 1.165) is 33.7 Å². The maximum Gasteiger partial charge on any atom is 0.145 e. The van der Waals surface area contributed by atoms with E-state index in [1.54, 1.807) is 0 Å². The fourth-order valence-electron chi connectivity index (χ4n) is 7.07. The lowest BCUT2D eigenvalue weighted by molar-refractivity contribution is 1.10. The molecule has 0 unspecified atom stereocenters. The van der Waals surface area contributed by atoms with Crippen LogP contribution in [0.15, 0.2) is 176 Å². The van der Waals surface area contributed by atoms with E-state index in [4.69, 9.17) is 4.98 Å². The summed E-state index contributed by atoms with van der Waals surface area (Å²) in [6, 6.07) is 58.2. The van der Waals surface area contributed by atoms with Crippen LogP contribution in [0.5, 0.6) is 0 Å². The van der Waals surface area contributed by atoms with Crippen LogP contribution >= 0.6 is 0 Å². The second-order valence-corrected chi connectivity index (χ2v) is 11.8. The number of para-hydroxylation sites is 2. The molecule has 0 aliphatic heterocycles. The van der Waals surface area contributed by atoms with E-state index in [0.29, 0.717) is 0 Å². The zero-order valence-corrected chi connectivity index (χ0v) is 25.6. The molecular weight excluding hydrogens is 571 g/mol. The average molecular weight is 600 g/mol. The van der Waals surface area contributed by atoms with Crippen LogP contribution in [0.25, 0.3) is 83.0 Å². The van der Waals surface area contributed by atoms with Crippen molar-refractivity contribution >= 4 is 32.6 Å². The molecule has 0 N–H and O–H groups in total. The summed E-state index contributed by atoms with van der Waals surface area (Å²) in [5.74, 6) is 0.932. The smallest absolute Gasteiger partial charge is 0.145 e. The number of aromatic nitrogens is 3. The van der Waals surface area contributed by atoms with Crippen molar-refractivity contribution in [2.75, 3.05) is 0 Å². The maximum absolute atomic E-state index is 5.10. The predicted octanol–water partition coefficient (Wildman–Crippen LogP) is 11.4. The molecule has 0 bridgehead atoms. The van der Waals surface area contributed by atoms with Crippen molar-refractivity contribution in [3.05, 3.63) is 176 Å². The molecular formula is C44H29N3. The topological polar surface area (TPSA) is 30.7 Å². The average Bonchev–Trinajstić information content (AvgIpc) is 3.54. The standard InChI is InChI=1S/C44H29N3/c1-2-14-30(15-3-1)44-46-40-25-10-11-26-41(40)47(44)33-18-12-16-31(28-33)42-36-21-6-8-23-38(36)43(39-24-9-7-22-37(39)42)35-20-5-4-19-34(35)32-17-13-27-45-29-32/h1-29H. The van der Waals surface area contributed by atoms with Crippen LogP contribution in [0.1, 0.15) is 0 Å². The van der Waals surface area contributed by atoms with Crippen molar-refractivity contribution in [1.82, 2.24) is 14.5 Å². The van der Waals surface area contributed by atoms with Crippen molar-refractivity contribution in [3.63, 3.8) is 0 Å². The van der Waals surface area contributed by atoms with Crippen LogP contribution in [0.2, 0.25) is 0 Å². The summed E-state index contributed by atoms with van der Waals surface area (Å²) >= 11 is 0. The molecule has 7 aromatic carbocycles. The molecule has 47 heavy (non-hydrogen) atoms. The van der Waals surface area contributed by atoms with E-state index in [-0.39, 0.29) is 0 Å². The van der Waals surface area contributed by atoms with Crippen LogP contribution in [0.4, 0.5) is 0 Å². The molecule has 0 aliphatic rings. The van der Waals surface area contributed by atoms with Crippen molar-refractivity contribution in [2.45, 2.75) is 0 Å². The quantitative estimate of drug-likeness (QED) is 0.184. The van der Waals surface area contributed by atoms with Gasteiger partial charge < -0.3 is 0 Å². The monoisotopic (exact) mass is 599 g/mol. The molecule has 0 saturated heterocycles. The second-order valence-electron chi connectivity index (χ2n) is 11.8. The summed E-state index contributed by atoms with van der Waals surface area (Å²) < 4.78 is 2.29. The van der Waals surface area contributed by atoms with E-state index >= 15 is 0 Å². The van der Waals surface area contributed by atoms with Gasteiger partial charge >= 0.3 is 0 Å². The Hall–Kier alpha value is -6.32. The molecule has 0 aliphatic carbocycles. The third-order valence-corrected chi connectivity index (χ3v) is 9.09. The van der Waals surface area contributed by atoms with Gasteiger partial charge in [0.2, 0.25) is 0 Å². The Morgan fingerprint density at radius 3 is 1.74 bits per heavy atom. The highest BCUT2D eigenvalue weighted by atomic mass is 15.1. The first kappa shape index (κ1) is 27.0.